The molecule has 0 bridgehead atoms. The molecule has 0 radical (unpaired) electrons. The second-order valence-corrected chi connectivity index (χ2v) is 19.3. The molecule has 0 aliphatic rings. The van der Waals surface area contributed by atoms with Gasteiger partial charge in [0.15, 0.2) is 0 Å². The number of benzene rings is 7. The largest absolute Gasteiger partial charge is 0.510 e. The third kappa shape index (κ3) is 8.20. The van der Waals surface area contributed by atoms with Crippen LogP contribution in [0.4, 0.5) is 0 Å². The number of aryl methyl sites for hydroxylation is 1. The fourth-order valence-electron chi connectivity index (χ4n) is 9.70. The van der Waals surface area contributed by atoms with Crippen molar-refractivity contribution in [3.8, 4) is 50.9 Å². The maximum atomic E-state index is 6.74. The summed E-state index contributed by atoms with van der Waals surface area (Å²) in [6.07, 6.45) is 6.81. The van der Waals surface area contributed by atoms with Crippen molar-refractivity contribution >= 4 is 32.8 Å². The van der Waals surface area contributed by atoms with E-state index in [9.17, 15) is 0 Å². The zero-order chi connectivity index (χ0) is 45.0. The first-order valence-corrected chi connectivity index (χ1v) is 22.7. The summed E-state index contributed by atoms with van der Waals surface area (Å²) < 4.78 is 13.3. The van der Waals surface area contributed by atoms with Gasteiger partial charge in [0.05, 0.1) is 16.7 Å². The van der Waals surface area contributed by atoms with Gasteiger partial charge in [-0.1, -0.05) is 163 Å². The Bertz CT molecular complexity index is 3310. The molecule has 0 saturated heterocycles. The maximum absolute atomic E-state index is 6.74. The van der Waals surface area contributed by atoms with Gasteiger partial charge in [-0.15, -0.1) is 29.7 Å². The predicted molar refractivity (Wildman–Crippen MR) is 267 cm³/mol. The third-order valence-electron chi connectivity index (χ3n) is 12.9. The minimum absolute atomic E-state index is 0. The van der Waals surface area contributed by atoms with Gasteiger partial charge in [0, 0.05) is 44.3 Å². The molecule has 10 rings (SSSR count). The van der Waals surface area contributed by atoms with E-state index in [0.717, 1.165) is 78.9 Å². The first-order valence-electron chi connectivity index (χ1n) is 22.7. The van der Waals surface area contributed by atoms with Crippen LogP contribution in [0.15, 0.2) is 164 Å². The van der Waals surface area contributed by atoms with Crippen LogP contribution in [0, 0.1) is 30.8 Å². The molecule has 0 amide bonds. The van der Waals surface area contributed by atoms with Crippen molar-refractivity contribution in [2.24, 2.45) is 5.41 Å². The Morgan fingerprint density at radius 2 is 1.32 bits per heavy atom. The number of nitrogens with zero attached hydrogens (tertiary/aromatic N) is 4. The summed E-state index contributed by atoms with van der Waals surface area (Å²) in [5, 5.41) is 2.27. The molecule has 10 aromatic rings. The molecule has 6 heteroatoms. The number of imidazole rings is 1. The number of hydrogen-bond donors (Lipinski definition) is 0. The fraction of sp³-hybridized carbons (Fsp3) is 0.200. The zero-order valence-electron chi connectivity index (χ0n) is 38.9. The minimum Gasteiger partial charge on any atom is -0.510 e. The molecule has 0 N–H and O–H groups in total. The molecule has 1 unspecified atom stereocenters. The summed E-state index contributed by atoms with van der Waals surface area (Å²) in [7, 11) is 0. The quantitative estimate of drug-likeness (QED) is 0.107. The number of rotatable bonds is 9. The summed E-state index contributed by atoms with van der Waals surface area (Å²) in [6, 6.07) is 63.0. The van der Waals surface area contributed by atoms with Gasteiger partial charge in [-0.2, -0.15) is 18.2 Å². The van der Waals surface area contributed by atoms with Crippen LogP contribution in [-0.4, -0.2) is 14.1 Å². The van der Waals surface area contributed by atoms with Crippen molar-refractivity contribution < 1.29 is 30.4 Å². The molecule has 3 heterocycles. The van der Waals surface area contributed by atoms with Gasteiger partial charge >= 0.3 is 0 Å². The molecular weight excluding hydrogens is 988 g/mol. The van der Waals surface area contributed by atoms with Crippen molar-refractivity contribution in [1.82, 2.24) is 14.1 Å². The topological polar surface area (TPSA) is 35.9 Å². The molecule has 332 valence electrons. The van der Waals surface area contributed by atoms with Crippen LogP contribution in [0.1, 0.15) is 77.5 Å². The van der Waals surface area contributed by atoms with Crippen LogP contribution in [0.25, 0.3) is 72.3 Å². The second-order valence-electron chi connectivity index (χ2n) is 19.3. The van der Waals surface area contributed by atoms with E-state index >= 15 is 0 Å². The summed E-state index contributed by atoms with van der Waals surface area (Å²) in [6.45, 7) is 18.2. The Balaban J connectivity index is 0.00000548. The molecule has 1 atom stereocenters. The van der Waals surface area contributed by atoms with E-state index in [1.165, 1.54) is 16.5 Å². The summed E-state index contributed by atoms with van der Waals surface area (Å²) in [5.74, 6) is 2.43. The Kier molecular flexibility index (Phi) is 12.0. The van der Waals surface area contributed by atoms with Gasteiger partial charge in [0.25, 0.3) is 6.33 Å². The van der Waals surface area contributed by atoms with Crippen molar-refractivity contribution in [3.63, 3.8) is 0 Å². The minimum atomic E-state index is -0.00858. The molecule has 0 aliphatic carbocycles. The Morgan fingerprint density at radius 3 is 1.98 bits per heavy atom. The fourth-order valence-corrected chi connectivity index (χ4v) is 9.70. The van der Waals surface area contributed by atoms with E-state index in [1.54, 1.807) is 0 Å². The number of para-hydroxylation sites is 2. The van der Waals surface area contributed by atoms with Gasteiger partial charge in [0.2, 0.25) is 0 Å². The van der Waals surface area contributed by atoms with Crippen LogP contribution in [0.2, 0.25) is 0 Å². The average molecular weight is 1040 g/mol. The van der Waals surface area contributed by atoms with E-state index in [2.05, 4.69) is 227 Å². The summed E-state index contributed by atoms with van der Waals surface area (Å²) in [4.78, 5) is 5.00. The van der Waals surface area contributed by atoms with E-state index in [4.69, 9.17) is 9.72 Å². The third-order valence-corrected chi connectivity index (χ3v) is 12.9. The Hall–Kier alpha value is -6.55. The molecule has 7 aromatic carbocycles. The predicted octanol–water partition coefficient (Wildman–Crippen LogP) is 15.1. The van der Waals surface area contributed by atoms with Crippen LogP contribution in [-0.2, 0) is 26.5 Å². The molecule has 66 heavy (non-hydrogen) atoms. The molecule has 5 nitrogen and oxygen atoms in total. The van der Waals surface area contributed by atoms with Crippen molar-refractivity contribution in [3.05, 3.63) is 199 Å². The first-order chi connectivity index (χ1) is 31.4. The Labute approximate surface area is 403 Å². The second kappa shape index (κ2) is 17.7. The number of hydrogen-bond acceptors (Lipinski definition) is 2. The summed E-state index contributed by atoms with van der Waals surface area (Å²) >= 11 is 0. The molecule has 0 fully saturated rings. The normalized spacial score (nSPS) is 12.4. The van der Waals surface area contributed by atoms with Crippen LogP contribution < -0.4 is 9.30 Å². The monoisotopic (exact) mass is 1040 g/mol. The molecule has 0 saturated carbocycles. The van der Waals surface area contributed by atoms with E-state index in [0.29, 0.717) is 17.4 Å². The van der Waals surface area contributed by atoms with Gasteiger partial charge in [-0.25, -0.2) is 4.98 Å². The van der Waals surface area contributed by atoms with Gasteiger partial charge in [-0.3, -0.25) is 4.57 Å². The number of aromatic nitrogens is 4. The van der Waals surface area contributed by atoms with Crippen molar-refractivity contribution in [1.29, 1.82) is 0 Å². The smallest absolute Gasteiger partial charge is 0.268 e. The standard InChI is InChI=1S/C60H54N4O.Pt/c1-9-52(60(6,7)8)43-33-34-61-56(35-43)64-53-32-29-44(59(3,4)5)36-51(53)50-31-30-47(38-55(50)64)65-46-25-17-24-45(37-46)62-39-63(57-40(2)19-16-28-54(57)62)58-48(41-20-12-10-13-21-41)26-18-27-49(58)42-22-14-11-15-23-42;/h10-36,52H,9H2,1-8H3;/q-2;. The summed E-state index contributed by atoms with van der Waals surface area (Å²) in [5.41, 5.74) is 14.3. The number of fused-ring (bicyclic) bond motifs is 4. The van der Waals surface area contributed by atoms with Gasteiger partial charge in [-0.05, 0) is 98.3 Å². The molecule has 3 aromatic heterocycles. The van der Waals surface area contributed by atoms with Gasteiger partial charge in [0.1, 0.15) is 5.82 Å². The number of pyridine rings is 1. The van der Waals surface area contributed by atoms with Crippen LogP contribution in [0.5, 0.6) is 11.5 Å². The van der Waals surface area contributed by atoms with E-state index < -0.39 is 0 Å². The van der Waals surface area contributed by atoms with Crippen LogP contribution in [0.3, 0.4) is 0 Å². The van der Waals surface area contributed by atoms with Crippen molar-refractivity contribution in [2.45, 2.75) is 73.1 Å². The number of ether oxygens (including phenoxy) is 1. The average Bonchev–Trinajstić information content (AvgIpc) is 3.85. The molecular formula is C60H54N4OPt-2. The molecule has 0 spiro atoms. The van der Waals surface area contributed by atoms with Crippen LogP contribution >= 0.6 is 0 Å². The SMILES string of the molecule is CCC(c1ccnc(-n2c3[c-]c(Oc4[c-]c(-n5[c-][n+](-c6c(-c7ccccc7)cccc6-c6ccccc6)c6c(C)cccc65)ccc4)ccc3c3cc(C(C)(C)C)ccc32)c1)C(C)(C)C.[Pt]. The van der Waals surface area contributed by atoms with E-state index in [1.807, 2.05) is 24.4 Å². The van der Waals surface area contributed by atoms with Gasteiger partial charge < -0.3 is 13.9 Å². The van der Waals surface area contributed by atoms with Crippen molar-refractivity contribution in [2.75, 3.05) is 0 Å². The molecule has 0 aliphatic heterocycles. The zero-order valence-corrected chi connectivity index (χ0v) is 41.2. The Morgan fingerprint density at radius 1 is 0.652 bits per heavy atom. The maximum Gasteiger partial charge on any atom is 0.268 e. The first kappa shape index (κ1) is 44.6. The van der Waals surface area contributed by atoms with E-state index in [-0.39, 0.29) is 31.9 Å².